The van der Waals surface area contributed by atoms with E-state index in [4.69, 9.17) is 21.1 Å². The summed E-state index contributed by atoms with van der Waals surface area (Å²) in [6.07, 6.45) is 0. The van der Waals surface area contributed by atoms with Gasteiger partial charge in [-0.15, -0.1) is 11.3 Å². The molecule has 1 heterocycles. The maximum Gasteiger partial charge on any atom is 0.195 e. The molecule has 0 saturated heterocycles. The fraction of sp³-hybridized carbons (Fsp3) is 0.154. The Hall–Kier alpha value is -1.04. The van der Waals surface area contributed by atoms with Crippen molar-refractivity contribution in [1.82, 2.24) is 0 Å². The van der Waals surface area contributed by atoms with Crippen molar-refractivity contribution in [3.05, 3.63) is 43.5 Å². The van der Waals surface area contributed by atoms with Gasteiger partial charge in [0.25, 0.3) is 0 Å². The van der Waals surface area contributed by atoms with Gasteiger partial charge in [0.15, 0.2) is 17.3 Å². The van der Waals surface area contributed by atoms with Gasteiger partial charge in [0.2, 0.25) is 0 Å². The van der Waals surface area contributed by atoms with Crippen LogP contribution in [-0.4, -0.2) is 20.0 Å². The topological polar surface area (TPSA) is 35.5 Å². The number of halogens is 2. The van der Waals surface area contributed by atoms with E-state index in [0.29, 0.717) is 27.6 Å². The molecule has 0 N–H and O–H groups in total. The second kappa shape index (κ2) is 5.94. The average Bonchev–Trinajstić information content (AvgIpc) is 2.84. The van der Waals surface area contributed by atoms with Crippen molar-refractivity contribution in [2.45, 2.75) is 0 Å². The lowest BCUT2D eigenvalue weighted by atomic mass is 10.1. The van der Waals surface area contributed by atoms with Crippen LogP contribution >= 0.6 is 38.9 Å². The van der Waals surface area contributed by atoms with Gasteiger partial charge in [0.05, 0.1) is 23.0 Å². The first-order valence-corrected chi connectivity index (χ1v) is 7.32. The molecule has 0 bridgehead atoms. The Morgan fingerprint density at radius 1 is 1.21 bits per heavy atom. The molecule has 0 atom stereocenters. The van der Waals surface area contributed by atoms with Crippen molar-refractivity contribution in [3.8, 4) is 11.5 Å². The summed E-state index contributed by atoms with van der Waals surface area (Å²) in [4.78, 5) is 12.4. The molecule has 1 aromatic heterocycles. The quantitative estimate of drug-likeness (QED) is 0.757. The summed E-state index contributed by atoms with van der Waals surface area (Å²) in [6.45, 7) is 0. The van der Waals surface area contributed by atoms with E-state index in [0.717, 1.165) is 3.79 Å². The third-order valence-electron chi connectivity index (χ3n) is 2.55. The predicted octanol–water partition coefficient (Wildman–Crippen LogP) is 4.41. The van der Waals surface area contributed by atoms with Crippen molar-refractivity contribution < 1.29 is 14.3 Å². The molecule has 0 saturated carbocycles. The van der Waals surface area contributed by atoms with E-state index in [-0.39, 0.29) is 5.78 Å². The highest BCUT2D eigenvalue weighted by Gasteiger charge is 2.18. The molecule has 1 aromatic carbocycles. The van der Waals surface area contributed by atoms with E-state index in [1.54, 1.807) is 23.6 Å². The van der Waals surface area contributed by atoms with Gasteiger partial charge in [-0.3, -0.25) is 4.79 Å². The molecule has 6 heteroatoms. The predicted molar refractivity (Wildman–Crippen MR) is 80.0 cm³/mol. The summed E-state index contributed by atoms with van der Waals surface area (Å²) >= 11 is 10.9. The number of benzene rings is 1. The second-order valence-electron chi connectivity index (χ2n) is 3.66. The molecule has 2 aromatic rings. The van der Waals surface area contributed by atoms with Crippen LogP contribution in [0, 0.1) is 0 Å². The third-order valence-corrected chi connectivity index (χ3v) is 4.36. The number of hydrogen-bond acceptors (Lipinski definition) is 4. The van der Waals surface area contributed by atoms with Crippen molar-refractivity contribution in [3.63, 3.8) is 0 Å². The maximum absolute atomic E-state index is 12.4. The molecule has 0 aliphatic heterocycles. The summed E-state index contributed by atoms with van der Waals surface area (Å²) < 4.78 is 11.2. The zero-order valence-corrected chi connectivity index (χ0v) is 13.4. The van der Waals surface area contributed by atoms with Crippen LogP contribution in [0.5, 0.6) is 11.5 Å². The van der Waals surface area contributed by atoms with E-state index in [1.165, 1.54) is 25.6 Å². The van der Waals surface area contributed by atoms with Gasteiger partial charge in [0.1, 0.15) is 0 Å². The Morgan fingerprint density at radius 2 is 1.84 bits per heavy atom. The standard InChI is InChI=1S/C13H10BrClO3S/c1-17-10-4-8(9(15)5-11(10)18-2)13(16)7-3-12(14)19-6-7/h3-6H,1-2H3. The minimum atomic E-state index is -0.145. The van der Waals surface area contributed by atoms with E-state index in [9.17, 15) is 4.79 Å². The first-order chi connectivity index (χ1) is 9.06. The highest BCUT2D eigenvalue weighted by Crippen LogP contribution is 2.34. The lowest BCUT2D eigenvalue weighted by Crippen LogP contribution is -2.02. The third kappa shape index (κ3) is 2.94. The van der Waals surface area contributed by atoms with Crippen LogP contribution in [0.3, 0.4) is 0 Å². The Labute approximate surface area is 128 Å². The molecule has 2 rings (SSSR count). The summed E-state index contributed by atoms with van der Waals surface area (Å²) in [5, 5.41) is 2.12. The molecule has 0 unspecified atom stereocenters. The molecule has 100 valence electrons. The Bertz CT molecular complexity index is 624. The van der Waals surface area contributed by atoms with E-state index in [2.05, 4.69) is 15.9 Å². The van der Waals surface area contributed by atoms with Gasteiger partial charge in [-0.2, -0.15) is 0 Å². The van der Waals surface area contributed by atoms with Crippen LogP contribution in [0.15, 0.2) is 27.4 Å². The Morgan fingerprint density at radius 3 is 2.37 bits per heavy atom. The molecule has 0 spiro atoms. The lowest BCUT2D eigenvalue weighted by Gasteiger charge is -2.10. The second-order valence-corrected chi connectivity index (χ2v) is 6.35. The molecule has 0 aliphatic rings. The molecular formula is C13H10BrClO3S. The first-order valence-electron chi connectivity index (χ1n) is 5.27. The number of methoxy groups -OCH3 is 2. The lowest BCUT2D eigenvalue weighted by molar-refractivity contribution is 0.103. The van der Waals surface area contributed by atoms with Crippen LogP contribution < -0.4 is 9.47 Å². The maximum atomic E-state index is 12.4. The molecular weight excluding hydrogens is 352 g/mol. The number of ether oxygens (including phenoxy) is 2. The van der Waals surface area contributed by atoms with E-state index in [1.807, 2.05) is 0 Å². The van der Waals surface area contributed by atoms with Crippen LogP contribution in [0.1, 0.15) is 15.9 Å². The number of rotatable bonds is 4. The van der Waals surface area contributed by atoms with E-state index < -0.39 is 0 Å². The zero-order chi connectivity index (χ0) is 14.0. The molecule has 0 radical (unpaired) electrons. The van der Waals surface area contributed by atoms with Crippen molar-refractivity contribution in [2.75, 3.05) is 14.2 Å². The van der Waals surface area contributed by atoms with Crippen molar-refractivity contribution >= 4 is 44.7 Å². The summed E-state index contributed by atoms with van der Waals surface area (Å²) in [5.74, 6) is 0.827. The number of carbonyl (C=O) groups is 1. The summed E-state index contributed by atoms with van der Waals surface area (Å²) in [6, 6.07) is 4.93. The summed E-state index contributed by atoms with van der Waals surface area (Å²) in [7, 11) is 3.03. The zero-order valence-electron chi connectivity index (χ0n) is 10.2. The smallest absolute Gasteiger partial charge is 0.195 e. The molecule has 0 aliphatic carbocycles. The first kappa shape index (κ1) is 14.4. The van der Waals surface area contributed by atoms with Gasteiger partial charge in [0, 0.05) is 22.6 Å². The SMILES string of the molecule is COc1cc(Cl)c(C(=O)c2csc(Br)c2)cc1OC. The minimum absolute atomic E-state index is 0.145. The molecule has 3 nitrogen and oxygen atoms in total. The molecule has 19 heavy (non-hydrogen) atoms. The van der Waals surface area contributed by atoms with Crippen LogP contribution in [0.25, 0.3) is 0 Å². The van der Waals surface area contributed by atoms with Crippen molar-refractivity contribution in [2.24, 2.45) is 0 Å². The number of thiophene rings is 1. The summed E-state index contributed by atoms with van der Waals surface area (Å²) in [5.41, 5.74) is 0.982. The molecule has 0 amide bonds. The van der Waals surface area contributed by atoms with Crippen molar-refractivity contribution in [1.29, 1.82) is 0 Å². The fourth-order valence-electron chi connectivity index (χ4n) is 1.61. The normalized spacial score (nSPS) is 10.3. The Balaban J connectivity index is 2.47. The van der Waals surface area contributed by atoms with E-state index >= 15 is 0 Å². The number of ketones is 1. The van der Waals surface area contributed by atoms with Gasteiger partial charge < -0.3 is 9.47 Å². The van der Waals surface area contributed by atoms with Gasteiger partial charge >= 0.3 is 0 Å². The average molecular weight is 362 g/mol. The minimum Gasteiger partial charge on any atom is -0.493 e. The van der Waals surface area contributed by atoms with Crippen LogP contribution in [-0.2, 0) is 0 Å². The largest absolute Gasteiger partial charge is 0.493 e. The monoisotopic (exact) mass is 360 g/mol. The Kier molecular flexibility index (Phi) is 4.50. The van der Waals surface area contributed by atoms with Crippen LogP contribution in [0.2, 0.25) is 5.02 Å². The van der Waals surface area contributed by atoms with Gasteiger partial charge in [-0.05, 0) is 28.1 Å². The van der Waals surface area contributed by atoms with Gasteiger partial charge in [-0.1, -0.05) is 11.6 Å². The number of hydrogen-bond donors (Lipinski definition) is 0. The fourth-order valence-corrected chi connectivity index (χ4v) is 2.99. The number of carbonyl (C=O) groups excluding carboxylic acids is 1. The highest BCUT2D eigenvalue weighted by molar-refractivity contribution is 9.11. The van der Waals surface area contributed by atoms with Crippen LogP contribution in [0.4, 0.5) is 0 Å². The highest BCUT2D eigenvalue weighted by atomic mass is 79.9. The molecule has 0 fully saturated rings. The van der Waals surface area contributed by atoms with Gasteiger partial charge in [-0.25, -0.2) is 0 Å².